The van der Waals surface area contributed by atoms with Crippen LogP contribution in [0.25, 0.3) is 0 Å². The van der Waals surface area contributed by atoms with Gasteiger partial charge in [-0.15, -0.1) is 0 Å². The first-order valence-electron chi connectivity index (χ1n) is 6.90. The third-order valence-electron chi connectivity index (χ3n) is 3.18. The van der Waals surface area contributed by atoms with Gasteiger partial charge in [-0.3, -0.25) is 0 Å². The van der Waals surface area contributed by atoms with Gasteiger partial charge < -0.3 is 0 Å². The Balaban J connectivity index is 3.05. The van der Waals surface area contributed by atoms with Gasteiger partial charge >= 0.3 is 0 Å². The van der Waals surface area contributed by atoms with Crippen molar-refractivity contribution in [3.63, 3.8) is 0 Å². The second kappa shape index (κ2) is 6.55. The van der Waals surface area contributed by atoms with E-state index in [1.165, 1.54) is 0 Å². The fourth-order valence-electron chi connectivity index (χ4n) is 1.88. The van der Waals surface area contributed by atoms with E-state index >= 15 is 0 Å². The zero-order valence-electron chi connectivity index (χ0n) is 13.0. The van der Waals surface area contributed by atoms with Crippen LogP contribution in [0.15, 0.2) is 35.2 Å². The van der Waals surface area contributed by atoms with Crippen molar-refractivity contribution in [3.8, 4) is 0 Å². The van der Waals surface area contributed by atoms with Crippen molar-refractivity contribution in [2.24, 2.45) is 0 Å². The highest BCUT2D eigenvalue weighted by atomic mass is 32.2. The van der Waals surface area contributed by atoms with Crippen molar-refractivity contribution in [2.75, 3.05) is 6.54 Å². The molecule has 0 amide bonds. The standard InChI is InChI=1S/C16H25NO2S/c1-6-7-8-11-17-20(18,19)15-12-14(16(3,4)5)10-9-13(15)2/h6-7,9-10,12,17H,8,11H2,1-5H3/b7-6+. The first-order valence-corrected chi connectivity index (χ1v) is 8.39. The number of benzene rings is 1. The zero-order valence-corrected chi connectivity index (χ0v) is 13.8. The van der Waals surface area contributed by atoms with Crippen molar-refractivity contribution >= 4 is 10.0 Å². The molecule has 1 rings (SSSR count). The average molecular weight is 295 g/mol. The van der Waals surface area contributed by atoms with Gasteiger partial charge in [-0.1, -0.05) is 45.1 Å². The van der Waals surface area contributed by atoms with Crippen LogP contribution in [-0.4, -0.2) is 15.0 Å². The van der Waals surface area contributed by atoms with Crippen molar-refractivity contribution in [3.05, 3.63) is 41.5 Å². The minimum atomic E-state index is -3.44. The highest BCUT2D eigenvalue weighted by Crippen LogP contribution is 2.26. The van der Waals surface area contributed by atoms with E-state index in [2.05, 4.69) is 25.5 Å². The predicted octanol–water partition coefficient (Wildman–Crippen LogP) is 3.54. The van der Waals surface area contributed by atoms with Crippen molar-refractivity contribution in [2.45, 2.75) is 51.3 Å². The van der Waals surface area contributed by atoms with Gasteiger partial charge in [0.15, 0.2) is 0 Å². The van der Waals surface area contributed by atoms with E-state index in [-0.39, 0.29) is 5.41 Å². The van der Waals surface area contributed by atoms with Gasteiger partial charge in [-0.2, -0.15) is 0 Å². The third-order valence-corrected chi connectivity index (χ3v) is 4.79. The predicted molar refractivity (Wildman–Crippen MR) is 84.5 cm³/mol. The van der Waals surface area contributed by atoms with Crippen LogP contribution in [0.1, 0.15) is 45.2 Å². The number of sulfonamides is 1. The Labute approximate surface area is 123 Å². The van der Waals surface area contributed by atoms with Gasteiger partial charge in [0.1, 0.15) is 0 Å². The number of nitrogens with one attached hydrogen (secondary N) is 1. The molecule has 0 spiro atoms. The highest BCUT2D eigenvalue weighted by Gasteiger charge is 2.20. The van der Waals surface area contributed by atoms with Crippen LogP contribution in [0.2, 0.25) is 0 Å². The van der Waals surface area contributed by atoms with Crippen LogP contribution in [0, 0.1) is 6.92 Å². The highest BCUT2D eigenvalue weighted by molar-refractivity contribution is 7.89. The molecule has 0 heterocycles. The lowest BCUT2D eigenvalue weighted by atomic mass is 9.87. The average Bonchev–Trinajstić information content (AvgIpc) is 2.33. The zero-order chi connectivity index (χ0) is 15.4. The van der Waals surface area contributed by atoms with E-state index in [0.29, 0.717) is 17.9 Å². The molecule has 1 aromatic carbocycles. The topological polar surface area (TPSA) is 46.2 Å². The lowest BCUT2D eigenvalue weighted by molar-refractivity contribution is 0.575. The van der Waals surface area contributed by atoms with Gasteiger partial charge in [0, 0.05) is 6.54 Å². The molecule has 0 radical (unpaired) electrons. The summed E-state index contributed by atoms with van der Waals surface area (Å²) in [5, 5.41) is 0. The van der Waals surface area contributed by atoms with Crippen molar-refractivity contribution < 1.29 is 8.42 Å². The van der Waals surface area contributed by atoms with Gasteiger partial charge in [0.25, 0.3) is 0 Å². The molecule has 0 aliphatic heterocycles. The Bertz CT molecular complexity index is 581. The van der Waals surface area contributed by atoms with E-state index < -0.39 is 10.0 Å². The number of hydrogen-bond donors (Lipinski definition) is 1. The molecule has 1 aromatic rings. The van der Waals surface area contributed by atoms with Gasteiger partial charge in [0.2, 0.25) is 10.0 Å². The monoisotopic (exact) mass is 295 g/mol. The Hall–Kier alpha value is -1.13. The first kappa shape index (κ1) is 16.9. The van der Waals surface area contributed by atoms with E-state index in [0.717, 1.165) is 11.1 Å². The first-order chi connectivity index (χ1) is 9.18. The molecule has 0 saturated carbocycles. The summed E-state index contributed by atoms with van der Waals surface area (Å²) >= 11 is 0. The Morgan fingerprint density at radius 3 is 2.45 bits per heavy atom. The minimum Gasteiger partial charge on any atom is -0.211 e. The Morgan fingerprint density at radius 2 is 1.90 bits per heavy atom. The molecule has 1 N–H and O–H groups in total. The molecule has 0 unspecified atom stereocenters. The molecule has 0 bridgehead atoms. The van der Waals surface area contributed by atoms with Crippen LogP contribution in [-0.2, 0) is 15.4 Å². The molecule has 0 fully saturated rings. The normalized spacial score (nSPS) is 13.1. The number of rotatable bonds is 5. The minimum absolute atomic E-state index is 0.0665. The summed E-state index contributed by atoms with van der Waals surface area (Å²) < 4.78 is 27.4. The molecular weight excluding hydrogens is 270 g/mol. The maximum absolute atomic E-state index is 12.4. The lowest BCUT2D eigenvalue weighted by Gasteiger charge is -2.20. The number of hydrogen-bond acceptors (Lipinski definition) is 2. The van der Waals surface area contributed by atoms with Crippen LogP contribution >= 0.6 is 0 Å². The summed E-state index contributed by atoms with van der Waals surface area (Å²) in [5.74, 6) is 0. The molecule has 0 atom stereocenters. The quantitative estimate of drug-likeness (QED) is 0.667. The summed E-state index contributed by atoms with van der Waals surface area (Å²) in [6.07, 6.45) is 4.56. The lowest BCUT2D eigenvalue weighted by Crippen LogP contribution is -2.26. The Morgan fingerprint density at radius 1 is 1.25 bits per heavy atom. The summed E-state index contributed by atoms with van der Waals surface area (Å²) in [4.78, 5) is 0.380. The van der Waals surface area contributed by atoms with E-state index in [9.17, 15) is 8.42 Å². The number of allylic oxidation sites excluding steroid dienone is 1. The van der Waals surface area contributed by atoms with Crippen LogP contribution in [0.5, 0.6) is 0 Å². The molecular formula is C16H25NO2S. The van der Waals surface area contributed by atoms with E-state index in [1.54, 1.807) is 6.07 Å². The Kier molecular flexibility index (Phi) is 5.54. The summed E-state index contributed by atoms with van der Waals surface area (Å²) in [5.41, 5.74) is 1.73. The molecule has 0 aliphatic rings. The molecule has 3 nitrogen and oxygen atoms in total. The van der Waals surface area contributed by atoms with E-state index in [4.69, 9.17) is 0 Å². The van der Waals surface area contributed by atoms with Crippen LogP contribution in [0.4, 0.5) is 0 Å². The smallest absolute Gasteiger partial charge is 0.211 e. The maximum Gasteiger partial charge on any atom is 0.240 e. The fourth-order valence-corrected chi connectivity index (χ4v) is 3.19. The molecule has 112 valence electrons. The van der Waals surface area contributed by atoms with Crippen LogP contribution < -0.4 is 4.72 Å². The molecule has 0 aromatic heterocycles. The van der Waals surface area contributed by atoms with Crippen molar-refractivity contribution in [1.82, 2.24) is 4.72 Å². The van der Waals surface area contributed by atoms with Gasteiger partial charge in [0.05, 0.1) is 4.90 Å². The van der Waals surface area contributed by atoms with Gasteiger partial charge in [-0.25, -0.2) is 13.1 Å². The molecule has 20 heavy (non-hydrogen) atoms. The molecule has 0 aliphatic carbocycles. The number of aryl methyl sites for hydroxylation is 1. The van der Waals surface area contributed by atoms with Crippen LogP contribution in [0.3, 0.4) is 0 Å². The third kappa shape index (κ3) is 4.46. The SMILES string of the molecule is C/C=C/CCNS(=O)(=O)c1cc(C(C)(C)C)ccc1C. The molecule has 0 saturated heterocycles. The molecule has 4 heteroatoms. The van der Waals surface area contributed by atoms with Gasteiger partial charge in [-0.05, 0) is 42.9 Å². The summed E-state index contributed by atoms with van der Waals surface area (Å²) in [7, 11) is -3.44. The fraction of sp³-hybridized carbons (Fsp3) is 0.500. The second-order valence-corrected chi connectivity index (χ2v) is 7.72. The second-order valence-electron chi connectivity index (χ2n) is 5.99. The largest absolute Gasteiger partial charge is 0.240 e. The van der Waals surface area contributed by atoms with E-state index in [1.807, 2.05) is 38.1 Å². The van der Waals surface area contributed by atoms with Crippen molar-refractivity contribution in [1.29, 1.82) is 0 Å². The maximum atomic E-state index is 12.4. The summed E-state index contributed by atoms with van der Waals surface area (Å²) in [6, 6.07) is 5.66. The summed E-state index contributed by atoms with van der Waals surface area (Å²) in [6.45, 7) is 10.4.